The molecule has 16 heavy (non-hydrogen) atoms. The van der Waals surface area contributed by atoms with E-state index >= 15 is 0 Å². The molecule has 0 radical (unpaired) electrons. The third kappa shape index (κ3) is 2.55. The van der Waals surface area contributed by atoms with Crippen molar-refractivity contribution in [1.29, 1.82) is 0 Å². The first-order valence-corrected chi connectivity index (χ1v) is 7.31. The molecule has 0 aliphatic heterocycles. The van der Waals surface area contributed by atoms with Gasteiger partial charge in [0.2, 0.25) is 0 Å². The monoisotopic (exact) mass is 246 g/mol. The van der Waals surface area contributed by atoms with Crippen molar-refractivity contribution in [3.05, 3.63) is 0 Å². The van der Waals surface area contributed by atoms with Crippen LogP contribution in [0.3, 0.4) is 0 Å². The Labute approximate surface area is 104 Å². The Hall–Kier alpha value is 0.220. The second kappa shape index (κ2) is 5.25. The molecule has 0 heterocycles. The van der Waals surface area contributed by atoms with Gasteiger partial charge in [0.15, 0.2) is 0 Å². The average molecular weight is 247 g/mol. The standard InChI is InChI=1S/C14H24ClF/c1-9-3-6-11(7-4-9)12-8-5-10(2)14(16)13(12)15/h9-14H,3-8H2,1-2H3/t9?,10-,11?,12?,13?,14?/m1/s1. The molecule has 2 fully saturated rings. The van der Waals surface area contributed by atoms with Crippen LogP contribution in [0.1, 0.15) is 52.4 Å². The minimum atomic E-state index is -0.778. The van der Waals surface area contributed by atoms with E-state index < -0.39 is 6.17 Å². The van der Waals surface area contributed by atoms with Gasteiger partial charge in [-0.1, -0.05) is 26.7 Å². The van der Waals surface area contributed by atoms with Crippen LogP contribution in [0.4, 0.5) is 4.39 Å². The second-order valence-electron chi connectivity index (χ2n) is 6.13. The van der Waals surface area contributed by atoms with E-state index in [1.165, 1.54) is 25.7 Å². The van der Waals surface area contributed by atoms with E-state index in [9.17, 15) is 4.39 Å². The number of alkyl halides is 2. The molecule has 3 unspecified atom stereocenters. The van der Waals surface area contributed by atoms with Gasteiger partial charge in [0.1, 0.15) is 6.17 Å². The summed E-state index contributed by atoms with van der Waals surface area (Å²) in [5, 5.41) is -0.220. The summed E-state index contributed by atoms with van der Waals surface area (Å²) in [5.41, 5.74) is 0. The quantitative estimate of drug-likeness (QED) is 0.583. The van der Waals surface area contributed by atoms with Crippen molar-refractivity contribution in [3.63, 3.8) is 0 Å². The zero-order valence-corrected chi connectivity index (χ0v) is 11.2. The van der Waals surface area contributed by atoms with Gasteiger partial charge in [-0.3, -0.25) is 0 Å². The Bertz CT molecular complexity index is 223. The molecule has 0 aromatic heterocycles. The summed E-state index contributed by atoms with van der Waals surface area (Å²) >= 11 is 6.32. The van der Waals surface area contributed by atoms with Crippen LogP contribution in [0.2, 0.25) is 0 Å². The average Bonchev–Trinajstić information content (AvgIpc) is 2.28. The lowest BCUT2D eigenvalue weighted by molar-refractivity contribution is 0.0906. The van der Waals surface area contributed by atoms with Crippen LogP contribution < -0.4 is 0 Å². The molecule has 0 N–H and O–H groups in total. The maximum atomic E-state index is 13.9. The van der Waals surface area contributed by atoms with Crippen LogP contribution in [-0.2, 0) is 0 Å². The maximum Gasteiger partial charge on any atom is 0.119 e. The zero-order chi connectivity index (χ0) is 11.7. The van der Waals surface area contributed by atoms with Gasteiger partial charge >= 0.3 is 0 Å². The summed E-state index contributed by atoms with van der Waals surface area (Å²) in [6, 6.07) is 0. The van der Waals surface area contributed by atoms with E-state index in [-0.39, 0.29) is 11.3 Å². The van der Waals surface area contributed by atoms with E-state index in [1.807, 2.05) is 6.92 Å². The number of hydrogen-bond donors (Lipinski definition) is 0. The summed E-state index contributed by atoms with van der Waals surface area (Å²) in [5.74, 6) is 2.18. The van der Waals surface area contributed by atoms with E-state index in [0.29, 0.717) is 11.8 Å². The van der Waals surface area contributed by atoms with Crippen molar-refractivity contribution in [3.8, 4) is 0 Å². The first kappa shape index (κ1) is 12.7. The lowest BCUT2D eigenvalue weighted by Crippen LogP contribution is -2.40. The van der Waals surface area contributed by atoms with Gasteiger partial charge < -0.3 is 0 Å². The summed E-state index contributed by atoms with van der Waals surface area (Å²) in [6.07, 6.45) is 6.58. The van der Waals surface area contributed by atoms with Gasteiger partial charge in [0.05, 0.1) is 5.38 Å². The summed E-state index contributed by atoms with van der Waals surface area (Å²) in [7, 11) is 0. The highest BCUT2D eigenvalue weighted by Crippen LogP contribution is 2.44. The highest BCUT2D eigenvalue weighted by atomic mass is 35.5. The van der Waals surface area contributed by atoms with Crippen molar-refractivity contribution in [2.45, 2.75) is 63.9 Å². The molecule has 4 atom stereocenters. The molecule has 2 heteroatoms. The Morgan fingerprint density at radius 2 is 1.56 bits per heavy atom. The topological polar surface area (TPSA) is 0 Å². The minimum Gasteiger partial charge on any atom is -0.246 e. The molecule has 0 aromatic rings. The van der Waals surface area contributed by atoms with Gasteiger partial charge in [0.25, 0.3) is 0 Å². The van der Waals surface area contributed by atoms with Crippen LogP contribution in [0.5, 0.6) is 0 Å². The molecule has 0 aromatic carbocycles. The molecule has 0 amide bonds. The molecule has 2 aliphatic rings. The van der Waals surface area contributed by atoms with E-state index in [4.69, 9.17) is 11.6 Å². The molecule has 0 nitrogen and oxygen atoms in total. The molecular formula is C14H24ClF. The van der Waals surface area contributed by atoms with E-state index in [0.717, 1.165) is 18.8 Å². The second-order valence-corrected chi connectivity index (χ2v) is 6.63. The molecule has 0 bridgehead atoms. The van der Waals surface area contributed by atoms with Crippen LogP contribution in [-0.4, -0.2) is 11.5 Å². The van der Waals surface area contributed by atoms with E-state index in [1.54, 1.807) is 0 Å². The van der Waals surface area contributed by atoms with Crippen molar-refractivity contribution in [1.82, 2.24) is 0 Å². The number of halogens is 2. The molecule has 2 rings (SSSR count). The lowest BCUT2D eigenvalue weighted by Gasteiger charge is -2.41. The third-order valence-corrected chi connectivity index (χ3v) is 5.44. The van der Waals surface area contributed by atoms with Crippen molar-refractivity contribution < 1.29 is 4.39 Å². The SMILES string of the molecule is CC1CCC(C2CC[C@@H](C)C(F)C2Cl)CC1. The van der Waals surface area contributed by atoms with Gasteiger partial charge in [-0.05, 0) is 49.4 Å². The fraction of sp³-hybridized carbons (Fsp3) is 1.00. The Morgan fingerprint density at radius 1 is 0.938 bits per heavy atom. The van der Waals surface area contributed by atoms with Crippen molar-refractivity contribution >= 4 is 11.6 Å². The van der Waals surface area contributed by atoms with Crippen molar-refractivity contribution in [2.75, 3.05) is 0 Å². The fourth-order valence-electron chi connectivity index (χ4n) is 3.53. The zero-order valence-electron chi connectivity index (χ0n) is 10.5. The number of rotatable bonds is 1. The normalized spacial score (nSPS) is 50.2. The highest BCUT2D eigenvalue weighted by molar-refractivity contribution is 6.21. The molecule has 2 saturated carbocycles. The van der Waals surface area contributed by atoms with Crippen LogP contribution in [0.25, 0.3) is 0 Å². The lowest BCUT2D eigenvalue weighted by atomic mass is 9.69. The Balaban J connectivity index is 1.94. The largest absolute Gasteiger partial charge is 0.246 e. The van der Waals surface area contributed by atoms with Gasteiger partial charge in [-0.25, -0.2) is 4.39 Å². The number of hydrogen-bond acceptors (Lipinski definition) is 0. The third-order valence-electron chi connectivity index (χ3n) is 4.88. The van der Waals surface area contributed by atoms with Crippen LogP contribution in [0.15, 0.2) is 0 Å². The van der Waals surface area contributed by atoms with Crippen molar-refractivity contribution in [2.24, 2.45) is 23.7 Å². The van der Waals surface area contributed by atoms with Gasteiger partial charge in [-0.2, -0.15) is 0 Å². The molecule has 94 valence electrons. The summed E-state index contributed by atoms with van der Waals surface area (Å²) in [4.78, 5) is 0. The molecular weight excluding hydrogens is 223 g/mol. The van der Waals surface area contributed by atoms with Gasteiger partial charge in [-0.15, -0.1) is 11.6 Å². The van der Waals surface area contributed by atoms with Gasteiger partial charge in [0, 0.05) is 0 Å². The predicted molar refractivity (Wildman–Crippen MR) is 67.5 cm³/mol. The Kier molecular flexibility index (Phi) is 4.15. The highest BCUT2D eigenvalue weighted by Gasteiger charge is 2.40. The van der Waals surface area contributed by atoms with Crippen LogP contribution in [0, 0.1) is 23.7 Å². The van der Waals surface area contributed by atoms with E-state index in [2.05, 4.69) is 6.92 Å². The fourth-order valence-corrected chi connectivity index (χ4v) is 4.11. The molecule has 0 saturated heterocycles. The summed E-state index contributed by atoms with van der Waals surface area (Å²) < 4.78 is 13.9. The summed E-state index contributed by atoms with van der Waals surface area (Å²) in [6.45, 7) is 4.33. The maximum absolute atomic E-state index is 13.9. The first-order chi connectivity index (χ1) is 7.59. The van der Waals surface area contributed by atoms with Crippen LogP contribution >= 0.6 is 11.6 Å². The smallest absolute Gasteiger partial charge is 0.119 e. The predicted octanol–water partition coefficient (Wildman–Crippen LogP) is 4.80. The molecule has 2 aliphatic carbocycles. The first-order valence-electron chi connectivity index (χ1n) is 6.87. The Morgan fingerprint density at radius 3 is 2.19 bits per heavy atom. The minimum absolute atomic E-state index is 0.168. The molecule has 0 spiro atoms.